The first-order chi connectivity index (χ1) is 28.8. The molecule has 1 nitrogen and oxygen atoms in total. The Morgan fingerprint density at radius 1 is 0.275 bits per heavy atom. The van der Waals surface area contributed by atoms with E-state index in [0.717, 1.165) is 26.3 Å². The van der Waals surface area contributed by atoms with Crippen LogP contribution in [-0.2, 0) is 0 Å². The van der Waals surface area contributed by atoms with Crippen molar-refractivity contribution >= 4 is 127 Å². The molecular formula is C54H119BrNSbSi12-2. The van der Waals surface area contributed by atoms with Gasteiger partial charge in [0.05, 0.1) is 0 Å². The van der Waals surface area contributed by atoms with Gasteiger partial charge in [-0.3, -0.25) is 0 Å². The minimum Gasteiger partial charge on any atom is -1.00 e. The van der Waals surface area contributed by atoms with Gasteiger partial charge in [-0.1, -0.05) is 271 Å². The fourth-order valence-corrected chi connectivity index (χ4v) is 92.0. The van der Waals surface area contributed by atoms with E-state index in [0.29, 0.717) is 10.3 Å². The van der Waals surface area contributed by atoms with Crippen LogP contribution in [0.3, 0.4) is 0 Å². The third-order valence-corrected chi connectivity index (χ3v) is 70.2. The van der Waals surface area contributed by atoms with E-state index in [1.54, 1.807) is 22.3 Å². The molecule has 69 heavy (non-hydrogen) atoms. The Kier molecular flexibility index (Phi) is 25.5. The van der Waals surface area contributed by atoms with Gasteiger partial charge in [0.15, 0.2) is 0 Å². The summed E-state index contributed by atoms with van der Waals surface area (Å²) in [5.41, 5.74) is 20.2. The van der Waals surface area contributed by atoms with E-state index in [-0.39, 0.29) is 41.4 Å². The molecule has 0 atom stereocenters. The molecule has 2 aromatic carbocycles. The van der Waals surface area contributed by atoms with Gasteiger partial charge >= 0.3 is 0 Å². The summed E-state index contributed by atoms with van der Waals surface area (Å²) in [4.78, 5) is 0. The number of benzene rings is 2. The Morgan fingerprint density at radius 2 is 0.435 bits per heavy atom. The van der Waals surface area contributed by atoms with Crippen molar-refractivity contribution in [3.05, 3.63) is 69.4 Å². The average molecular weight is 1320 g/mol. The van der Waals surface area contributed by atoms with Gasteiger partial charge in [0, 0.05) is 121 Å². The summed E-state index contributed by atoms with van der Waals surface area (Å²) in [7, 11) is -17.2. The zero-order chi connectivity index (χ0) is 54.0. The third kappa shape index (κ3) is 20.5. The molecule has 0 aliphatic rings. The maximum Gasteiger partial charge on any atom is 0.0493 e. The van der Waals surface area contributed by atoms with Crippen LogP contribution in [0.1, 0.15) is 64.4 Å². The van der Waals surface area contributed by atoms with Crippen LogP contribution >= 0.6 is 0 Å². The van der Waals surface area contributed by atoms with Crippen molar-refractivity contribution in [2.75, 3.05) is 0 Å². The zero-order valence-electron chi connectivity index (χ0n) is 53.1. The minimum absolute atomic E-state index is 0. The summed E-state index contributed by atoms with van der Waals surface area (Å²) in [6.45, 7) is 93.3. The Morgan fingerprint density at radius 3 is 0.594 bits per heavy atom. The summed E-state index contributed by atoms with van der Waals surface area (Å²) in [5, 5.41) is 4.29. The van der Waals surface area contributed by atoms with E-state index >= 15 is 0 Å². The molecule has 0 amide bonds. The predicted octanol–water partition coefficient (Wildman–Crippen LogP) is 17.5. The molecule has 1 N–H and O–H groups in total. The van der Waals surface area contributed by atoms with Gasteiger partial charge in [0.1, 0.15) is 0 Å². The molecule has 0 fully saturated rings. The van der Waals surface area contributed by atoms with Crippen molar-refractivity contribution in [3.63, 3.8) is 0 Å². The van der Waals surface area contributed by atoms with E-state index < -0.39 is 96.9 Å². The van der Waals surface area contributed by atoms with Crippen molar-refractivity contribution in [2.45, 2.75) is 267 Å². The summed E-state index contributed by atoms with van der Waals surface area (Å²) in [6, 6.07) is 14.9. The summed E-state index contributed by atoms with van der Waals surface area (Å²) in [5.74, 6) is 0. The second-order valence-corrected chi connectivity index (χ2v) is 102. The molecule has 0 heterocycles. The Bertz CT molecular complexity index is 1700. The van der Waals surface area contributed by atoms with Crippen molar-refractivity contribution in [3.8, 4) is 0 Å². The molecule has 4 radical (unpaired) electrons. The van der Waals surface area contributed by atoms with Gasteiger partial charge in [0.2, 0.25) is 0 Å². The van der Waals surface area contributed by atoms with Crippen LogP contribution in [0.4, 0.5) is 5.69 Å². The molecule has 0 saturated carbocycles. The van der Waals surface area contributed by atoms with Crippen LogP contribution in [0, 0.1) is 6.07 Å². The van der Waals surface area contributed by atoms with E-state index in [9.17, 15) is 5.73 Å². The first-order valence-corrected chi connectivity index (χ1v) is 69.7. The molecule has 0 spiro atoms. The van der Waals surface area contributed by atoms with Gasteiger partial charge in [0.25, 0.3) is 0 Å². The molecule has 0 aliphatic heterocycles. The quantitative estimate of drug-likeness (QED) is 0.133. The molecule has 15 heteroatoms. The zero-order valence-corrected chi connectivity index (χ0v) is 69.2. The van der Waals surface area contributed by atoms with Gasteiger partial charge in [-0.15, -0.1) is 5.69 Å². The minimum atomic E-state index is -1.51. The fourth-order valence-electron chi connectivity index (χ4n) is 16.0. The summed E-state index contributed by atoms with van der Waals surface area (Å²) in [6.07, 6.45) is 0. The number of nitrogens with one attached hydrogen (secondary N) is 1. The van der Waals surface area contributed by atoms with E-state index in [4.69, 9.17) is 0 Å². The van der Waals surface area contributed by atoms with Crippen LogP contribution in [0.25, 0.3) is 5.73 Å². The van der Waals surface area contributed by atoms with Crippen LogP contribution in [-0.4, -0.2) is 121 Å². The van der Waals surface area contributed by atoms with Crippen LogP contribution < -0.4 is 17.0 Å². The van der Waals surface area contributed by atoms with Crippen LogP contribution in [0.15, 0.2) is 24.3 Å². The number of hydrogen-bond donors (Lipinski definition) is 0. The Hall–Kier alpha value is 2.14. The van der Waals surface area contributed by atoms with Crippen molar-refractivity contribution in [2.24, 2.45) is 0 Å². The largest absolute Gasteiger partial charge is 1.00 e. The molecule has 0 aromatic heterocycles. The third-order valence-electron chi connectivity index (χ3n) is 14.5. The first-order valence-electron chi connectivity index (χ1n) is 26.8. The normalized spacial score (nSPS) is 14.7. The first kappa shape index (κ1) is 73.2. The average Bonchev–Trinajstić information content (AvgIpc) is 2.90. The van der Waals surface area contributed by atoms with Gasteiger partial charge in [-0.25, -0.2) is 0 Å². The SMILES string of the molecule is C[Si](C)(C)C(c1[c]c(C([Si](C)(C)C)[Si](C)(C)C)cc(C([Si](C)(C)C)[Si](C)(C)C)c1)[Si](C)(C)C.C[Si](C)(C)C(c1cc(C([Si](C)(C)C)[Si](C)(C)C)c([NH-])c(C([Si](C)(C)C)[Si](C)(C)C)c1)[Si](C)(C)C.[Br-].[Sb]. The Balaban J connectivity index is 0. The maximum atomic E-state index is 9.79. The van der Waals surface area contributed by atoms with E-state index in [2.05, 4.69) is 266 Å². The molecule has 0 bridgehead atoms. The maximum absolute atomic E-state index is 9.79. The van der Waals surface area contributed by atoms with Crippen molar-refractivity contribution in [1.29, 1.82) is 0 Å². The second-order valence-electron chi connectivity index (χ2n) is 34.9. The van der Waals surface area contributed by atoms with E-state index in [1.165, 1.54) is 11.1 Å². The van der Waals surface area contributed by atoms with Crippen molar-refractivity contribution in [1.82, 2.24) is 0 Å². The number of hydrogen-bond acceptors (Lipinski definition) is 0. The molecular weight excluding hydrogens is 1200 g/mol. The predicted molar refractivity (Wildman–Crippen MR) is 358 cm³/mol. The number of halogens is 1. The van der Waals surface area contributed by atoms with E-state index in [1.807, 2.05) is 0 Å². The number of rotatable bonds is 18. The topological polar surface area (TPSA) is 23.8 Å². The smallest absolute Gasteiger partial charge is 0.0493 e. The molecule has 402 valence electrons. The summed E-state index contributed by atoms with van der Waals surface area (Å²) >= 11 is 0. The van der Waals surface area contributed by atoms with Crippen LogP contribution in [0.5, 0.6) is 0 Å². The second kappa shape index (κ2) is 24.0. The molecule has 0 saturated heterocycles. The van der Waals surface area contributed by atoms with Gasteiger partial charge in [-0.05, 0) is 59.3 Å². The van der Waals surface area contributed by atoms with Gasteiger partial charge < -0.3 is 22.7 Å². The molecule has 2 rings (SSSR count). The molecule has 0 aliphatic carbocycles. The standard InChI is InChI=1S/C27H60NSi6.C27H59Si6.BrH.Sb/c1-29(2,3)25(30(4,5)6)21-19-22(26(31(7,8)9)32(10,11)12)24(28)23(20-21)27(33(13,14)15)34(16,17)18;1-28(2,3)25(29(4,5)6)22-19-23(26(30(7,8)9)31(10,11)12)21-24(20-22)27(32(13,14)15)33(16,17)18;;/h19-20,25-28H,1-18H3;19-20,25-27H,1-18H3;1H;/q-1;;;/p-1. The van der Waals surface area contributed by atoms with Crippen LogP contribution in [0.2, 0.25) is 236 Å². The molecule has 2 aromatic rings. The Labute approximate surface area is 475 Å². The monoisotopic (exact) mass is 1320 g/mol. The fraction of sp³-hybridized carbons (Fsp3) is 0.778. The molecule has 0 unspecified atom stereocenters. The van der Waals surface area contributed by atoms with Crippen molar-refractivity contribution < 1.29 is 17.0 Å². The van der Waals surface area contributed by atoms with Gasteiger partial charge in [-0.2, -0.15) is 0 Å². The summed E-state index contributed by atoms with van der Waals surface area (Å²) < 4.78 is 0.